The van der Waals surface area contributed by atoms with Gasteiger partial charge in [-0.2, -0.15) is 0 Å². The number of unbranched alkanes of at least 4 members (excludes halogenated alkanes) is 2. The minimum absolute atomic E-state index is 0.132. The SMILES string of the molecule is BC(=C/CC(=O)NCCCCCNC(=O)C/C(O)=C(Br)\C(OC)=C(\Br)C=C)/C(OC)=C(/Br)C(=C)O. The first kappa shape index (κ1) is 33.1. The van der Waals surface area contributed by atoms with Crippen LogP contribution < -0.4 is 10.6 Å². The van der Waals surface area contributed by atoms with E-state index in [0.29, 0.717) is 39.0 Å². The molecule has 0 aliphatic rings. The van der Waals surface area contributed by atoms with Gasteiger partial charge in [-0.25, -0.2) is 0 Å². The van der Waals surface area contributed by atoms with Crippen LogP contribution in [-0.4, -0.2) is 57.2 Å². The minimum Gasteiger partial charge on any atom is -0.510 e. The Morgan fingerprint density at radius 3 is 1.97 bits per heavy atom. The highest BCUT2D eigenvalue weighted by atomic mass is 79.9. The van der Waals surface area contributed by atoms with Crippen LogP contribution in [0.15, 0.2) is 67.3 Å². The van der Waals surface area contributed by atoms with E-state index in [9.17, 15) is 19.8 Å². The summed E-state index contributed by atoms with van der Waals surface area (Å²) in [6.07, 6.45) is 5.50. The smallest absolute Gasteiger partial charge is 0.227 e. The third-order valence-corrected chi connectivity index (χ3v) is 6.81. The molecular weight excluding hydrogens is 651 g/mol. The van der Waals surface area contributed by atoms with Gasteiger partial charge >= 0.3 is 0 Å². The van der Waals surface area contributed by atoms with Gasteiger partial charge in [-0.1, -0.05) is 25.3 Å². The Balaban J connectivity index is 4.32. The highest BCUT2D eigenvalue weighted by Crippen LogP contribution is 2.28. The Morgan fingerprint density at radius 1 is 0.943 bits per heavy atom. The lowest BCUT2D eigenvalue weighted by atomic mass is 9.92. The van der Waals surface area contributed by atoms with Gasteiger partial charge in [0.2, 0.25) is 11.8 Å². The van der Waals surface area contributed by atoms with Gasteiger partial charge in [0.05, 0.1) is 34.1 Å². The van der Waals surface area contributed by atoms with Crippen LogP contribution in [0.1, 0.15) is 32.1 Å². The lowest BCUT2D eigenvalue weighted by Crippen LogP contribution is -2.26. The average molecular weight is 683 g/mol. The normalized spacial score (nSPS) is 13.6. The number of hydrogen-bond acceptors (Lipinski definition) is 6. The third-order valence-electron chi connectivity index (χ3n) is 4.49. The van der Waals surface area contributed by atoms with E-state index in [-0.39, 0.29) is 40.7 Å². The van der Waals surface area contributed by atoms with E-state index in [1.165, 1.54) is 20.3 Å². The fourth-order valence-corrected chi connectivity index (χ4v) is 4.27. The summed E-state index contributed by atoms with van der Waals surface area (Å²) in [6, 6.07) is 0. The van der Waals surface area contributed by atoms with Crippen molar-refractivity contribution in [1.29, 1.82) is 0 Å². The van der Waals surface area contributed by atoms with Gasteiger partial charge in [0, 0.05) is 19.5 Å². The van der Waals surface area contributed by atoms with E-state index in [1.54, 1.807) is 13.9 Å². The largest absolute Gasteiger partial charge is 0.510 e. The van der Waals surface area contributed by atoms with Crippen LogP contribution in [-0.2, 0) is 19.1 Å². The molecule has 12 heteroatoms. The first-order valence-electron chi connectivity index (χ1n) is 10.7. The van der Waals surface area contributed by atoms with Gasteiger partial charge in [-0.15, -0.1) is 0 Å². The van der Waals surface area contributed by atoms with Crippen LogP contribution in [0, 0.1) is 0 Å². The summed E-state index contributed by atoms with van der Waals surface area (Å²) in [5.41, 5.74) is 0.691. The molecule has 4 N–H and O–H groups in total. The maximum atomic E-state index is 12.1. The zero-order valence-corrected chi connectivity index (χ0v) is 24.9. The Morgan fingerprint density at radius 2 is 1.49 bits per heavy atom. The van der Waals surface area contributed by atoms with E-state index in [2.05, 4.69) is 71.6 Å². The van der Waals surface area contributed by atoms with Crippen molar-refractivity contribution < 1.29 is 29.3 Å². The maximum Gasteiger partial charge on any atom is 0.227 e. The van der Waals surface area contributed by atoms with E-state index in [1.807, 2.05) is 0 Å². The van der Waals surface area contributed by atoms with E-state index >= 15 is 0 Å². The van der Waals surface area contributed by atoms with Crippen molar-refractivity contribution in [1.82, 2.24) is 10.6 Å². The zero-order valence-electron chi connectivity index (χ0n) is 20.2. The first-order valence-corrected chi connectivity index (χ1v) is 13.0. The predicted molar refractivity (Wildman–Crippen MR) is 152 cm³/mol. The highest BCUT2D eigenvalue weighted by molar-refractivity contribution is 9.12. The number of amides is 2. The molecule has 0 saturated carbocycles. The van der Waals surface area contributed by atoms with Crippen molar-refractivity contribution in [2.45, 2.75) is 32.1 Å². The number of aliphatic hydroxyl groups is 2. The number of hydrogen-bond donors (Lipinski definition) is 4. The molecule has 8 nitrogen and oxygen atoms in total. The fraction of sp³-hybridized carbons (Fsp3) is 0.391. The summed E-state index contributed by atoms with van der Waals surface area (Å²) in [4.78, 5) is 24.1. The Kier molecular flexibility index (Phi) is 17.4. The molecule has 0 heterocycles. The maximum absolute atomic E-state index is 12.1. The monoisotopic (exact) mass is 680 g/mol. The molecule has 0 radical (unpaired) electrons. The second kappa shape index (κ2) is 18.4. The average Bonchev–Trinajstić information content (AvgIpc) is 2.82. The summed E-state index contributed by atoms with van der Waals surface area (Å²) in [5, 5.41) is 25.2. The number of carbonyl (C=O) groups is 2. The topological polar surface area (TPSA) is 117 Å². The van der Waals surface area contributed by atoms with Crippen LogP contribution in [0.4, 0.5) is 0 Å². The van der Waals surface area contributed by atoms with Gasteiger partial charge < -0.3 is 30.3 Å². The minimum atomic E-state index is -0.319. The van der Waals surface area contributed by atoms with Crippen molar-refractivity contribution in [3.63, 3.8) is 0 Å². The van der Waals surface area contributed by atoms with Crippen LogP contribution in [0.25, 0.3) is 0 Å². The Bertz CT molecular complexity index is 913. The molecule has 2 amide bonds. The van der Waals surface area contributed by atoms with Crippen molar-refractivity contribution in [2.24, 2.45) is 0 Å². The quantitative estimate of drug-likeness (QED) is 0.0818. The van der Waals surface area contributed by atoms with Crippen molar-refractivity contribution >= 4 is 67.5 Å². The molecule has 0 bridgehead atoms. The summed E-state index contributed by atoms with van der Waals surface area (Å²) in [5.74, 6) is -0.0350. The molecule has 194 valence electrons. The summed E-state index contributed by atoms with van der Waals surface area (Å²) >= 11 is 9.70. The van der Waals surface area contributed by atoms with Crippen LogP contribution in [0.3, 0.4) is 0 Å². The number of nitrogens with one attached hydrogen (secondary N) is 2. The van der Waals surface area contributed by atoms with Gasteiger partial charge in [0.25, 0.3) is 0 Å². The molecule has 0 aliphatic carbocycles. The van der Waals surface area contributed by atoms with Gasteiger partial charge in [0.1, 0.15) is 25.1 Å². The number of ether oxygens (including phenoxy) is 2. The number of allylic oxidation sites excluding steroid dienone is 5. The van der Waals surface area contributed by atoms with Crippen molar-refractivity contribution in [3.8, 4) is 0 Å². The molecule has 0 aromatic rings. The second-order valence-electron chi connectivity index (χ2n) is 7.17. The summed E-state index contributed by atoms with van der Waals surface area (Å²) < 4.78 is 11.6. The first-order chi connectivity index (χ1) is 16.5. The Hall–Kier alpha value is -1.92. The number of halogens is 3. The lowest BCUT2D eigenvalue weighted by Gasteiger charge is -2.10. The predicted octanol–water partition coefficient (Wildman–Crippen LogP) is 4.61. The molecule has 0 aromatic heterocycles. The molecule has 0 saturated heterocycles. The van der Waals surface area contributed by atoms with Gasteiger partial charge in [-0.05, 0) is 72.5 Å². The molecular formula is C23H32BBr3N2O6. The molecule has 0 aromatic carbocycles. The van der Waals surface area contributed by atoms with Gasteiger partial charge in [-0.3, -0.25) is 9.59 Å². The summed E-state index contributed by atoms with van der Waals surface area (Å²) in [7, 11) is 4.68. The molecule has 0 aliphatic heterocycles. The van der Waals surface area contributed by atoms with Gasteiger partial charge in [0.15, 0.2) is 5.76 Å². The fourth-order valence-electron chi connectivity index (χ4n) is 2.66. The summed E-state index contributed by atoms with van der Waals surface area (Å²) in [6.45, 7) is 8.03. The Labute approximate surface area is 233 Å². The number of carbonyl (C=O) groups excluding carboxylic acids is 2. The van der Waals surface area contributed by atoms with E-state index in [0.717, 1.165) is 19.3 Å². The van der Waals surface area contributed by atoms with Crippen LogP contribution in [0.5, 0.6) is 0 Å². The van der Waals surface area contributed by atoms with Crippen LogP contribution in [0.2, 0.25) is 0 Å². The molecule has 0 spiro atoms. The highest BCUT2D eigenvalue weighted by Gasteiger charge is 2.15. The standard InChI is InChI=1S/C23H32BBr3N2O6/c1-5-16(25)23(35-4)21(27)17(31)13-19(33)29-12-8-6-7-11-28-18(32)10-9-15(24)22(34-3)20(26)14(2)30/h5,9,30-31H,1-2,6-8,10-13,24H2,3-4H3,(H,28,32)(H,29,33)/b15-9+,21-17-,22-20-,23-16-. The third kappa shape index (κ3) is 13.1. The zero-order chi connectivity index (χ0) is 27.0. The number of aliphatic hydroxyl groups excluding tert-OH is 2. The van der Waals surface area contributed by atoms with E-state index in [4.69, 9.17) is 9.47 Å². The van der Waals surface area contributed by atoms with Crippen molar-refractivity contribution in [3.05, 3.63) is 67.3 Å². The number of methoxy groups -OCH3 is 2. The second-order valence-corrected chi connectivity index (χ2v) is 9.61. The molecule has 0 atom stereocenters. The van der Waals surface area contributed by atoms with Crippen LogP contribution >= 0.6 is 47.8 Å². The van der Waals surface area contributed by atoms with E-state index < -0.39 is 0 Å². The lowest BCUT2D eigenvalue weighted by molar-refractivity contribution is -0.121. The molecule has 35 heavy (non-hydrogen) atoms. The molecule has 0 unspecified atom stereocenters. The number of rotatable bonds is 16. The van der Waals surface area contributed by atoms with Crippen molar-refractivity contribution in [2.75, 3.05) is 27.3 Å². The molecule has 0 rings (SSSR count). The molecule has 0 fully saturated rings.